The van der Waals surface area contributed by atoms with Crippen molar-refractivity contribution in [3.05, 3.63) is 28.5 Å². The van der Waals surface area contributed by atoms with Crippen molar-refractivity contribution >= 4 is 22.6 Å². The van der Waals surface area contributed by atoms with Gasteiger partial charge in [-0.3, -0.25) is 0 Å². The summed E-state index contributed by atoms with van der Waals surface area (Å²) in [7, 11) is 1.73. The molecule has 2 heterocycles. The maximum Gasteiger partial charge on any atom is 0.141 e. The molecule has 0 bridgehead atoms. The average Bonchev–Trinajstić information content (AvgIpc) is 3.20. The Morgan fingerprint density at radius 1 is 1.48 bits per heavy atom. The van der Waals surface area contributed by atoms with Gasteiger partial charge in [-0.15, -0.1) is 0 Å². The third kappa shape index (κ3) is 3.39. The molecule has 0 aliphatic heterocycles. The van der Waals surface area contributed by atoms with E-state index in [2.05, 4.69) is 21.1 Å². The molecule has 5 heteroatoms. The molecule has 1 N–H and O–H groups in total. The van der Waals surface area contributed by atoms with Gasteiger partial charge in [0.2, 0.25) is 0 Å². The fourth-order valence-electron chi connectivity index (χ4n) is 2.66. The minimum Gasteiger partial charge on any atom is -0.385 e. The lowest BCUT2D eigenvalue weighted by molar-refractivity contribution is 0.190. The molecule has 0 saturated heterocycles. The number of methoxy groups -OCH3 is 1. The fourth-order valence-corrected chi connectivity index (χ4v) is 3.03. The van der Waals surface area contributed by atoms with E-state index in [4.69, 9.17) is 16.3 Å². The minimum absolute atomic E-state index is 0.689. The molecule has 1 aliphatic carbocycles. The molecule has 4 nitrogen and oxygen atoms in total. The van der Waals surface area contributed by atoms with Crippen molar-refractivity contribution in [1.82, 2.24) is 14.9 Å². The molecule has 21 heavy (non-hydrogen) atoms. The Morgan fingerprint density at radius 3 is 3.00 bits per heavy atom. The van der Waals surface area contributed by atoms with E-state index in [0.29, 0.717) is 6.04 Å². The number of hydrogen-bond acceptors (Lipinski definition) is 3. The maximum absolute atomic E-state index is 6.47. The van der Waals surface area contributed by atoms with Crippen LogP contribution in [0.3, 0.4) is 0 Å². The van der Waals surface area contributed by atoms with Crippen LogP contribution < -0.4 is 5.32 Å². The van der Waals surface area contributed by atoms with E-state index in [1.54, 1.807) is 7.11 Å². The molecule has 0 spiro atoms. The number of aryl methyl sites for hydroxylation is 2. The summed E-state index contributed by atoms with van der Waals surface area (Å²) in [5, 5.41) is 5.46. The molecule has 1 saturated carbocycles. The van der Waals surface area contributed by atoms with Crippen LogP contribution in [-0.2, 0) is 17.8 Å². The van der Waals surface area contributed by atoms with Gasteiger partial charge in [-0.2, -0.15) is 0 Å². The quantitative estimate of drug-likeness (QED) is 0.798. The highest BCUT2D eigenvalue weighted by molar-refractivity contribution is 6.35. The zero-order valence-electron chi connectivity index (χ0n) is 12.7. The summed E-state index contributed by atoms with van der Waals surface area (Å²) in [4.78, 5) is 4.69. The second-order valence-corrected chi connectivity index (χ2v) is 6.20. The Bertz CT molecular complexity index is 634. The molecule has 0 amide bonds. The zero-order chi connectivity index (χ0) is 14.8. The van der Waals surface area contributed by atoms with Crippen LogP contribution in [0.5, 0.6) is 0 Å². The predicted molar refractivity (Wildman–Crippen MR) is 85.8 cm³/mol. The van der Waals surface area contributed by atoms with Crippen molar-refractivity contribution in [1.29, 1.82) is 0 Å². The summed E-state index contributed by atoms with van der Waals surface area (Å²) in [6, 6.07) is 2.64. The lowest BCUT2D eigenvalue weighted by atomic mass is 10.2. The molecule has 1 fully saturated rings. The number of aromatic nitrogens is 2. The number of hydrogen-bond donors (Lipinski definition) is 1. The minimum atomic E-state index is 0.689. The van der Waals surface area contributed by atoms with Crippen LogP contribution in [0.25, 0.3) is 11.0 Å². The predicted octanol–water partition coefficient (Wildman–Crippen LogP) is 3.29. The summed E-state index contributed by atoms with van der Waals surface area (Å²) in [6.07, 6.45) is 5.74. The topological polar surface area (TPSA) is 39.1 Å². The lowest BCUT2D eigenvalue weighted by Crippen LogP contribution is -2.15. The molecule has 0 atom stereocenters. The van der Waals surface area contributed by atoms with Crippen molar-refractivity contribution < 1.29 is 4.74 Å². The van der Waals surface area contributed by atoms with Gasteiger partial charge in [0.05, 0.1) is 5.02 Å². The van der Waals surface area contributed by atoms with E-state index in [-0.39, 0.29) is 0 Å². The highest BCUT2D eigenvalue weighted by atomic mass is 35.5. The van der Waals surface area contributed by atoms with Gasteiger partial charge in [0.15, 0.2) is 0 Å². The third-order valence-corrected chi connectivity index (χ3v) is 4.19. The molecule has 114 valence electrons. The number of nitrogens with zero attached hydrogens (tertiary/aromatic N) is 2. The second kappa shape index (κ2) is 6.34. The fraction of sp³-hybridized carbons (Fsp3) is 0.562. The van der Waals surface area contributed by atoms with Crippen molar-refractivity contribution in [3.8, 4) is 0 Å². The van der Waals surface area contributed by atoms with Crippen LogP contribution in [-0.4, -0.2) is 29.3 Å². The monoisotopic (exact) mass is 307 g/mol. The van der Waals surface area contributed by atoms with Crippen LogP contribution >= 0.6 is 11.6 Å². The first kappa shape index (κ1) is 14.8. The van der Waals surface area contributed by atoms with E-state index >= 15 is 0 Å². The first-order valence-corrected chi connectivity index (χ1v) is 7.94. The normalized spacial score (nSPS) is 15.0. The molecule has 0 radical (unpaired) electrons. The molecule has 3 rings (SSSR count). The Hall–Kier alpha value is -1.10. The molecule has 1 aliphatic rings. The number of rotatable bonds is 7. The van der Waals surface area contributed by atoms with Gasteiger partial charge >= 0.3 is 0 Å². The maximum atomic E-state index is 6.47. The van der Waals surface area contributed by atoms with Crippen LogP contribution in [0.15, 0.2) is 12.3 Å². The van der Waals surface area contributed by atoms with E-state index < -0.39 is 0 Å². The number of fused-ring (bicyclic) bond motifs is 1. The number of halogens is 1. The van der Waals surface area contributed by atoms with Crippen molar-refractivity contribution in [3.63, 3.8) is 0 Å². The highest BCUT2D eigenvalue weighted by Gasteiger charge is 2.21. The molecular formula is C16H22ClN3O. The van der Waals surface area contributed by atoms with Crippen LogP contribution in [0.4, 0.5) is 0 Å². The summed E-state index contributed by atoms with van der Waals surface area (Å²) in [6.45, 7) is 4.51. The third-order valence-electron chi connectivity index (χ3n) is 3.89. The molecule has 0 unspecified atom stereocenters. The standard InChI is InChI=1S/C16H22ClN3O/c1-11-8-14(17)15-12(9-18-13-4-5-13)10-20(16(15)19-11)6-3-7-21-2/h8,10,13,18H,3-7,9H2,1-2H3. The van der Waals surface area contributed by atoms with Crippen molar-refractivity contribution in [2.75, 3.05) is 13.7 Å². The number of nitrogens with one attached hydrogen (secondary N) is 1. The van der Waals surface area contributed by atoms with E-state index in [0.717, 1.165) is 47.9 Å². The smallest absolute Gasteiger partial charge is 0.141 e. The van der Waals surface area contributed by atoms with Gasteiger partial charge in [-0.05, 0) is 37.8 Å². The van der Waals surface area contributed by atoms with E-state index in [1.165, 1.54) is 18.4 Å². The lowest BCUT2D eigenvalue weighted by Gasteiger charge is -2.05. The number of ether oxygens (including phenoxy) is 1. The Morgan fingerprint density at radius 2 is 2.29 bits per heavy atom. The van der Waals surface area contributed by atoms with Gasteiger partial charge in [-0.25, -0.2) is 4.98 Å². The summed E-state index contributed by atoms with van der Waals surface area (Å²) in [5.74, 6) is 0. The summed E-state index contributed by atoms with van der Waals surface area (Å²) >= 11 is 6.47. The van der Waals surface area contributed by atoms with Crippen molar-refractivity contribution in [2.24, 2.45) is 0 Å². The van der Waals surface area contributed by atoms with E-state index in [1.807, 2.05) is 13.0 Å². The van der Waals surface area contributed by atoms with Crippen LogP contribution in [0.1, 0.15) is 30.5 Å². The van der Waals surface area contributed by atoms with Crippen molar-refractivity contribution in [2.45, 2.75) is 45.3 Å². The van der Waals surface area contributed by atoms with E-state index in [9.17, 15) is 0 Å². The largest absolute Gasteiger partial charge is 0.385 e. The molecular weight excluding hydrogens is 286 g/mol. The molecule has 2 aromatic rings. The summed E-state index contributed by atoms with van der Waals surface area (Å²) < 4.78 is 7.35. The SMILES string of the molecule is COCCCn1cc(CNC2CC2)c2c(Cl)cc(C)nc21. The van der Waals surface area contributed by atoms with Gasteiger partial charge in [0.25, 0.3) is 0 Å². The Kier molecular flexibility index (Phi) is 4.48. The van der Waals surface area contributed by atoms with Gasteiger partial charge < -0.3 is 14.6 Å². The summed E-state index contributed by atoms with van der Waals surface area (Å²) in [5.41, 5.74) is 3.19. The first-order valence-electron chi connectivity index (χ1n) is 7.56. The second-order valence-electron chi connectivity index (χ2n) is 5.79. The Labute approximate surface area is 130 Å². The Balaban J connectivity index is 1.92. The molecule has 0 aromatic carbocycles. The van der Waals surface area contributed by atoms with Gasteiger partial charge in [0, 0.05) is 50.1 Å². The highest BCUT2D eigenvalue weighted by Crippen LogP contribution is 2.29. The van der Waals surface area contributed by atoms with Crippen LogP contribution in [0.2, 0.25) is 5.02 Å². The van der Waals surface area contributed by atoms with Gasteiger partial charge in [-0.1, -0.05) is 11.6 Å². The number of pyridine rings is 1. The van der Waals surface area contributed by atoms with Gasteiger partial charge in [0.1, 0.15) is 5.65 Å². The molecule has 2 aromatic heterocycles. The van der Waals surface area contributed by atoms with Crippen LogP contribution in [0, 0.1) is 6.92 Å². The first-order chi connectivity index (χ1) is 10.2. The average molecular weight is 308 g/mol. The zero-order valence-corrected chi connectivity index (χ0v) is 13.4.